The number of benzene rings is 1. The monoisotopic (exact) mass is 302 g/mol. The molecule has 2 aliphatic rings. The summed E-state index contributed by atoms with van der Waals surface area (Å²) in [5.41, 5.74) is 0.982. The summed E-state index contributed by atoms with van der Waals surface area (Å²) in [6, 6.07) is 3.45. The smallest absolute Gasteiger partial charge is 0.163 e. The minimum atomic E-state index is -0.988. The fourth-order valence-electron chi connectivity index (χ4n) is 4.53. The predicted molar refractivity (Wildman–Crippen MR) is 86.2 cm³/mol. The molecule has 0 radical (unpaired) electrons. The van der Waals surface area contributed by atoms with Gasteiger partial charge in [0.2, 0.25) is 0 Å². The minimum Gasteiger partial charge on any atom is -0.508 e. The fourth-order valence-corrected chi connectivity index (χ4v) is 4.53. The third-order valence-corrected chi connectivity index (χ3v) is 5.84. The second-order valence-corrected chi connectivity index (χ2v) is 8.06. The Balaban J connectivity index is 2.20. The maximum atomic E-state index is 12.7. The lowest BCUT2D eigenvalue weighted by Gasteiger charge is -2.52. The summed E-state index contributed by atoms with van der Waals surface area (Å²) >= 11 is 0. The maximum absolute atomic E-state index is 12.7. The van der Waals surface area contributed by atoms with Crippen LogP contribution in [0.1, 0.15) is 80.8 Å². The standard InChI is InChI=1S/C19H26O3/c1-11(2)12-8-13-14(9-15(12)20)19(22)7-5-6-18(3,4)17(19)10-16(13)21/h8-9,11,17,20,22H,5-7,10H2,1-4H3. The Bertz CT molecular complexity index is 630. The zero-order valence-electron chi connectivity index (χ0n) is 13.9. The van der Waals surface area contributed by atoms with E-state index < -0.39 is 5.60 Å². The van der Waals surface area contributed by atoms with Gasteiger partial charge in [-0.25, -0.2) is 0 Å². The summed E-state index contributed by atoms with van der Waals surface area (Å²) in [5, 5.41) is 21.7. The normalized spacial score (nSPS) is 30.1. The Kier molecular flexibility index (Phi) is 3.41. The molecule has 1 fully saturated rings. The largest absolute Gasteiger partial charge is 0.508 e. The Labute approximate surface area is 132 Å². The van der Waals surface area contributed by atoms with Crippen LogP contribution in [0.5, 0.6) is 5.75 Å². The van der Waals surface area contributed by atoms with Crippen molar-refractivity contribution in [1.29, 1.82) is 0 Å². The van der Waals surface area contributed by atoms with Crippen LogP contribution in [0.25, 0.3) is 0 Å². The molecule has 0 spiro atoms. The molecule has 1 saturated carbocycles. The van der Waals surface area contributed by atoms with Gasteiger partial charge in [0.25, 0.3) is 0 Å². The second kappa shape index (κ2) is 4.82. The average Bonchev–Trinajstić information content (AvgIpc) is 2.41. The van der Waals surface area contributed by atoms with Gasteiger partial charge in [-0.15, -0.1) is 0 Å². The number of rotatable bonds is 1. The first-order valence-electron chi connectivity index (χ1n) is 8.30. The molecule has 3 heteroatoms. The molecule has 2 atom stereocenters. The van der Waals surface area contributed by atoms with Crippen LogP contribution in [0.2, 0.25) is 0 Å². The topological polar surface area (TPSA) is 57.5 Å². The van der Waals surface area contributed by atoms with Gasteiger partial charge >= 0.3 is 0 Å². The number of aliphatic hydroxyl groups is 1. The van der Waals surface area contributed by atoms with Gasteiger partial charge in [-0.2, -0.15) is 0 Å². The summed E-state index contributed by atoms with van der Waals surface area (Å²) in [6.45, 7) is 8.27. The highest BCUT2D eigenvalue weighted by atomic mass is 16.3. The van der Waals surface area contributed by atoms with Crippen LogP contribution in [0.4, 0.5) is 0 Å². The number of carbonyl (C=O) groups excluding carboxylic acids is 1. The van der Waals surface area contributed by atoms with Crippen LogP contribution in [0.15, 0.2) is 12.1 Å². The fraction of sp³-hybridized carbons (Fsp3) is 0.632. The first-order chi connectivity index (χ1) is 10.2. The van der Waals surface area contributed by atoms with Crippen LogP contribution >= 0.6 is 0 Å². The van der Waals surface area contributed by atoms with E-state index in [0.29, 0.717) is 24.0 Å². The van der Waals surface area contributed by atoms with Gasteiger partial charge in [0.15, 0.2) is 5.78 Å². The van der Waals surface area contributed by atoms with Gasteiger partial charge in [0.1, 0.15) is 5.75 Å². The molecule has 2 aliphatic carbocycles. The number of hydrogen-bond acceptors (Lipinski definition) is 3. The van der Waals surface area contributed by atoms with Gasteiger partial charge in [-0.3, -0.25) is 4.79 Å². The molecular formula is C19H26O3. The summed E-state index contributed by atoms with van der Waals surface area (Å²) < 4.78 is 0. The van der Waals surface area contributed by atoms with E-state index in [1.54, 1.807) is 12.1 Å². The SMILES string of the molecule is CC(C)c1cc2c(cc1O)C1(O)CCCC(C)(C)C1CC2=O. The van der Waals surface area contributed by atoms with Crippen molar-refractivity contribution >= 4 is 5.78 Å². The number of ketones is 1. The van der Waals surface area contributed by atoms with Crippen LogP contribution in [-0.2, 0) is 5.60 Å². The average molecular weight is 302 g/mol. The summed E-state index contributed by atoms with van der Waals surface area (Å²) in [7, 11) is 0. The highest BCUT2D eigenvalue weighted by Gasteiger charge is 2.53. The van der Waals surface area contributed by atoms with Crippen molar-refractivity contribution in [3.05, 3.63) is 28.8 Å². The number of Topliss-reactive ketones (excluding diaryl/α,β-unsaturated/α-hetero) is 1. The van der Waals surface area contributed by atoms with E-state index in [1.165, 1.54) is 0 Å². The van der Waals surface area contributed by atoms with Crippen molar-refractivity contribution in [2.45, 2.75) is 64.9 Å². The van der Waals surface area contributed by atoms with Crippen molar-refractivity contribution in [2.24, 2.45) is 11.3 Å². The number of hydrogen-bond donors (Lipinski definition) is 2. The Morgan fingerprint density at radius 1 is 1.23 bits per heavy atom. The molecule has 0 aliphatic heterocycles. The number of phenols is 1. The molecular weight excluding hydrogens is 276 g/mol. The molecule has 120 valence electrons. The highest BCUT2D eigenvalue weighted by molar-refractivity contribution is 6.00. The van der Waals surface area contributed by atoms with Crippen LogP contribution in [0.3, 0.4) is 0 Å². The molecule has 0 saturated heterocycles. The van der Waals surface area contributed by atoms with Gasteiger partial charge in [-0.1, -0.05) is 27.7 Å². The van der Waals surface area contributed by atoms with E-state index in [0.717, 1.165) is 18.4 Å². The Hall–Kier alpha value is -1.35. The van der Waals surface area contributed by atoms with E-state index in [1.807, 2.05) is 13.8 Å². The Morgan fingerprint density at radius 2 is 1.91 bits per heavy atom. The van der Waals surface area contributed by atoms with E-state index in [-0.39, 0.29) is 28.8 Å². The second-order valence-electron chi connectivity index (χ2n) is 8.06. The van der Waals surface area contributed by atoms with Gasteiger partial charge in [0, 0.05) is 17.9 Å². The van der Waals surface area contributed by atoms with E-state index >= 15 is 0 Å². The third-order valence-electron chi connectivity index (χ3n) is 5.84. The van der Waals surface area contributed by atoms with Crippen LogP contribution in [0, 0.1) is 11.3 Å². The molecule has 1 aromatic carbocycles. The molecule has 0 heterocycles. The summed E-state index contributed by atoms with van der Waals surface area (Å²) in [6.07, 6.45) is 3.04. The number of carbonyl (C=O) groups is 1. The first-order valence-corrected chi connectivity index (χ1v) is 8.30. The lowest BCUT2D eigenvalue weighted by atomic mass is 9.55. The van der Waals surface area contributed by atoms with E-state index in [2.05, 4.69) is 13.8 Å². The molecule has 0 bridgehead atoms. The zero-order chi connectivity index (χ0) is 16.3. The number of aromatic hydroxyl groups is 1. The first kappa shape index (κ1) is 15.5. The predicted octanol–water partition coefficient (Wildman–Crippen LogP) is 4.12. The molecule has 0 amide bonds. The van der Waals surface area contributed by atoms with Gasteiger partial charge in [-0.05, 0) is 53.9 Å². The maximum Gasteiger partial charge on any atom is 0.163 e. The molecule has 3 rings (SSSR count). The van der Waals surface area contributed by atoms with Crippen molar-refractivity contribution in [1.82, 2.24) is 0 Å². The summed E-state index contributed by atoms with van der Waals surface area (Å²) in [5.74, 6) is 0.367. The highest BCUT2D eigenvalue weighted by Crippen LogP contribution is 2.56. The van der Waals surface area contributed by atoms with E-state index in [9.17, 15) is 15.0 Å². The Morgan fingerprint density at radius 3 is 2.55 bits per heavy atom. The molecule has 1 aromatic rings. The van der Waals surface area contributed by atoms with Crippen molar-refractivity contribution in [3.8, 4) is 5.75 Å². The van der Waals surface area contributed by atoms with Crippen LogP contribution < -0.4 is 0 Å². The van der Waals surface area contributed by atoms with Crippen LogP contribution in [-0.4, -0.2) is 16.0 Å². The van der Waals surface area contributed by atoms with Crippen molar-refractivity contribution in [2.75, 3.05) is 0 Å². The number of phenolic OH excluding ortho intramolecular Hbond substituents is 1. The van der Waals surface area contributed by atoms with Crippen molar-refractivity contribution < 1.29 is 15.0 Å². The zero-order valence-corrected chi connectivity index (χ0v) is 13.9. The molecule has 2 unspecified atom stereocenters. The summed E-state index contributed by atoms with van der Waals surface area (Å²) in [4.78, 5) is 12.7. The lowest BCUT2D eigenvalue weighted by Crippen LogP contribution is -2.51. The number of fused-ring (bicyclic) bond motifs is 3. The minimum absolute atomic E-state index is 0.0628. The molecule has 2 N–H and O–H groups in total. The van der Waals surface area contributed by atoms with Gasteiger partial charge in [0.05, 0.1) is 5.60 Å². The lowest BCUT2D eigenvalue weighted by molar-refractivity contribution is -0.112. The molecule has 3 nitrogen and oxygen atoms in total. The molecule has 0 aromatic heterocycles. The quantitative estimate of drug-likeness (QED) is 0.820. The third kappa shape index (κ3) is 2.10. The van der Waals surface area contributed by atoms with Crippen molar-refractivity contribution in [3.63, 3.8) is 0 Å². The van der Waals surface area contributed by atoms with Gasteiger partial charge < -0.3 is 10.2 Å². The molecule has 22 heavy (non-hydrogen) atoms. The van der Waals surface area contributed by atoms with E-state index in [4.69, 9.17) is 0 Å².